The third-order valence-corrected chi connectivity index (χ3v) is 5.68. The molecule has 1 aliphatic heterocycles. The van der Waals surface area contributed by atoms with Crippen LogP contribution in [0, 0.1) is 29.1 Å². The van der Waals surface area contributed by atoms with Crippen molar-refractivity contribution < 1.29 is 10.2 Å². The summed E-state index contributed by atoms with van der Waals surface area (Å²) in [4.78, 5) is 6.42. The van der Waals surface area contributed by atoms with Crippen LogP contribution in [0.3, 0.4) is 0 Å². The zero-order valence-electron chi connectivity index (χ0n) is 18.0. The minimum absolute atomic E-state index is 0.165. The molecule has 4 rings (SSSR count). The third-order valence-electron chi connectivity index (χ3n) is 5.68. The molecule has 0 radical (unpaired) electrons. The van der Waals surface area contributed by atoms with E-state index in [1.165, 1.54) is 5.56 Å². The molecular formula is C26H26N4O2. The topological polar surface area (TPSA) is 85.3 Å². The lowest BCUT2D eigenvalue weighted by Crippen LogP contribution is -2.45. The van der Waals surface area contributed by atoms with Gasteiger partial charge in [0.05, 0.1) is 18.6 Å². The minimum atomic E-state index is -0.730. The van der Waals surface area contributed by atoms with Gasteiger partial charge in [0.1, 0.15) is 18.0 Å². The summed E-state index contributed by atoms with van der Waals surface area (Å²) < 4.78 is 1.70. The molecule has 2 aromatic carbocycles. The van der Waals surface area contributed by atoms with Crippen molar-refractivity contribution in [3.8, 4) is 29.0 Å². The molecule has 0 amide bonds. The van der Waals surface area contributed by atoms with Crippen LogP contribution in [0.4, 0.5) is 0 Å². The summed E-state index contributed by atoms with van der Waals surface area (Å²) >= 11 is 0. The number of aliphatic hydroxyl groups excluding tert-OH is 2. The molecule has 2 N–H and O–H groups in total. The highest BCUT2D eigenvalue weighted by atomic mass is 16.3. The highest BCUT2D eigenvalue weighted by Crippen LogP contribution is 2.23. The average molecular weight is 427 g/mol. The van der Waals surface area contributed by atoms with Gasteiger partial charge in [0, 0.05) is 37.6 Å². The zero-order valence-corrected chi connectivity index (χ0v) is 18.0. The van der Waals surface area contributed by atoms with Gasteiger partial charge in [-0.3, -0.25) is 4.90 Å². The number of aliphatic hydroxyl groups is 2. The lowest BCUT2D eigenvalue weighted by atomic mass is 9.99. The molecule has 0 unspecified atom stereocenters. The Morgan fingerprint density at radius 1 is 1.09 bits per heavy atom. The second-order valence-electron chi connectivity index (χ2n) is 8.13. The first kappa shape index (κ1) is 21.8. The number of likely N-dealkylation sites (tertiary alicyclic amines) is 1. The first-order chi connectivity index (χ1) is 15.6. The van der Waals surface area contributed by atoms with Crippen molar-refractivity contribution in [2.45, 2.75) is 25.6 Å². The van der Waals surface area contributed by atoms with Gasteiger partial charge in [-0.1, -0.05) is 48.2 Å². The van der Waals surface area contributed by atoms with Gasteiger partial charge in [0.25, 0.3) is 0 Å². The van der Waals surface area contributed by atoms with Crippen LogP contribution < -0.4 is 0 Å². The first-order valence-electron chi connectivity index (χ1n) is 10.7. The zero-order chi connectivity index (χ0) is 22.5. The molecule has 3 aromatic rings. The van der Waals surface area contributed by atoms with Crippen molar-refractivity contribution in [1.29, 1.82) is 5.26 Å². The van der Waals surface area contributed by atoms with E-state index in [4.69, 9.17) is 5.26 Å². The molecule has 32 heavy (non-hydrogen) atoms. The fraction of sp³-hybridized carbons (Fsp3) is 0.308. The molecule has 2 atom stereocenters. The molecule has 1 aliphatic rings. The van der Waals surface area contributed by atoms with E-state index >= 15 is 0 Å². The van der Waals surface area contributed by atoms with Crippen LogP contribution in [0.15, 0.2) is 60.9 Å². The fourth-order valence-corrected chi connectivity index (χ4v) is 3.87. The van der Waals surface area contributed by atoms with Gasteiger partial charge >= 0.3 is 0 Å². The van der Waals surface area contributed by atoms with E-state index in [2.05, 4.69) is 52.1 Å². The fourth-order valence-electron chi connectivity index (χ4n) is 3.87. The van der Waals surface area contributed by atoms with E-state index in [9.17, 15) is 10.2 Å². The van der Waals surface area contributed by atoms with Gasteiger partial charge < -0.3 is 14.8 Å². The van der Waals surface area contributed by atoms with Gasteiger partial charge in [-0.25, -0.2) is 4.98 Å². The van der Waals surface area contributed by atoms with Gasteiger partial charge in [-0.15, -0.1) is 0 Å². The van der Waals surface area contributed by atoms with E-state index in [1.807, 2.05) is 24.3 Å². The van der Waals surface area contributed by atoms with Gasteiger partial charge in [-0.2, -0.15) is 5.26 Å². The molecule has 0 bridgehead atoms. The maximum atomic E-state index is 9.83. The maximum absolute atomic E-state index is 9.83. The summed E-state index contributed by atoms with van der Waals surface area (Å²) in [6, 6.07) is 18.4. The Balaban J connectivity index is 1.41. The third kappa shape index (κ3) is 4.90. The van der Waals surface area contributed by atoms with Crippen molar-refractivity contribution in [2.75, 3.05) is 19.7 Å². The standard InChI is InChI=1S/C26H26N4O2/c1-19(32)26-28-12-13-30(26)25(18-31)11-6-20-2-7-23(8-3-20)24-9-4-21(5-10-24)15-29-16-22(14-27)17-29/h2-5,7-10,12-13,19,22,25,31-32H,15-18H2,1H3/t19-,25-/m0/s1. The van der Waals surface area contributed by atoms with E-state index < -0.39 is 12.1 Å². The molecule has 1 aromatic heterocycles. The van der Waals surface area contributed by atoms with Crippen LogP contribution >= 0.6 is 0 Å². The van der Waals surface area contributed by atoms with Crippen molar-refractivity contribution in [3.05, 3.63) is 77.9 Å². The number of rotatable bonds is 6. The van der Waals surface area contributed by atoms with Gasteiger partial charge in [0.2, 0.25) is 0 Å². The average Bonchev–Trinajstić information content (AvgIpc) is 3.27. The Morgan fingerprint density at radius 3 is 2.34 bits per heavy atom. The number of hydrogen-bond acceptors (Lipinski definition) is 5. The van der Waals surface area contributed by atoms with Crippen LogP contribution in [-0.4, -0.2) is 44.4 Å². The van der Waals surface area contributed by atoms with Crippen molar-refractivity contribution in [3.63, 3.8) is 0 Å². The molecule has 2 heterocycles. The molecule has 0 saturated carbocycles. The number of imidazole rings is 1. The smallest absolute Gasteiger partial charge is 0.138 e. The van der Waals surface area contributed by atoms with Crippen LogP contribution in [0.1, 0.15) is 36.0 Å². The Morgan fingerprint density at radius 2 is 1.75 bits per heavy atom. The van der Waals surface area contributed by atoms with E-state index in [-0.39, 0.29) is 12.5 Å². The minimum Gasteiger partial charge on any atom is -0.393 e. The molecule has 6 nitrogen and oxygen atoms in total. The lowest BCUT2D eigenvalue weighted by molar-refractivity contribution is 0.127. The Hall–Kier alpha value is -3.42. The Kier molecular flexibility index (Phi) is 6.68. The molecule has 162 valence electrons. The lowest BCUT2D eigenvalue weighted by Gasteiger charge is -2.35. The van der Waals surface area contributed by atoms with Crippen molar-refractivity contribution in [1.82, 2.24) is 14.5 Å². The largest absolute Gasteiger partial charge is 0.393 e. The normalized spacial score (nSPS) is 15.8. The Bertz CT molecular complexity index is 1140. The summed E-state index contributed by atoms with van der Waals surface area (Å²) in [5.74, 6) is 6.85. The van der Waals surface area contributed by atoms with Crippen LogP contribution in [0.25, 0.3) is 11.1 Å². The summed E-state index contributed by atoms with van der Waals surface area (Å²) in [6.07, 6.45) is 2.58. The van der Waals surface area contributed by atoms with E-state index in [1.54, 1.807) is 23.9 Å². The first-order valence-corrected chi connectivity index (χ1v) is 10.7. The van der Waals surface area contributed by atoms with Crippen LogP contribution in [-0.2, 0) is 6.54 Å². The second-order valence-corrected chi connectivity index (χ2v) is 8.13. The number of hydrogen-bond donors (Lipinski definition) is 2. The van der Waals surface area contributed by atoms with Crippen molar-refractivity contribution >= 4 is 0 Å². The van der Waals surface area contributed by atoms with Crippen LogP contribution in [0.5, 0.6) is 0 Å². The summed E-state index contributed by atoms with van der Waals surface area (Å²) in [7, 11) is 0. The van der Waals surface area contributed by atoms with E-state index in [0.717, 1.165) is 36.3 Å². The molecule has 6 heteroatoms. The second kappa shape index (κ2) is 9.80. The highest BCUT2D eigenvalue weighted by molar-refractivity contribution is 5.64. The molecule has 1 fully saturated rings. The van der Waals surface area contributed by atoms with Crippen molar-refractivity contribution in [2.24, 2.45) is 5.92 Å². The SMILES string of the molecule is C[C@H](O)c1nccn1[C@@H](C#Cc1ccc(-c2ccc(CN3CC(C#N)C3)cc2)cc1)CO. The van der Waals surface area contributed by atoms with Gasteiger partial charge in [0.15, 0.2) is 0 Å². The number of nitriles is 1. The maximum Gasteiger partial charge on any atom is 0.138 e. The molecule has 1 saturated heterocycles. The highest BCUT2D eigenvalue weighted by Gasteiger charge is 2.25. The predicted molar refractivity (Wildman–Crippen MR) is 122 cm³/mol. The quantitative estimate of drug-likeness (QED) is 0.592. The number of benzene rings is 2. The van der Waals surface area contributed by atoms with Crippen LogP contribution in [0.2, 0.25) is 0 Å². The number of aromatic nitrogens is 2. The summed E-state index contributed by atoms with van der Waals surface area (Å²) in [5, 5.41) is 28.5. The molecule has 0 aliphatic carbocycles. The van der Waals surface area contributed by atoms with E-state index in [0.29, 0.717) is 5.82 Å². The predicted octanol–water partition coefficient (Wildman–Crippen LogP) is 3.14. The molecule has 0 spiro atoms. The van der Waals surface area contributed by atoms with Gasteiger partial charge in [-0.05, 0) is 35.7 Å². The Labute approximate surface area is 188 Å². The number of nitrogens with zero attached hydrogens (tertiary/aromatic N) is 4. The molecular weight excluding hydrogens is 400 g/mol. The summed E-state index contributed by atoms with van der Waals surface area (Å²) in [6.45, 7) is 4.08. The summed E-state index contributed by atoms with van der Waals surface area (Å²) in [5.41, 5.74) is 4.35. The monoisotopic (exact) mass is 426 g/mol.